The average molecular weight is 300 g/mol. The Morgan fingerprint density at radius 2 is 1.90 bits per heavy atom. The Morgan fingerprint density at radius 1 is 1.35 bits per heavy atom. The first kappa shape index (κ1) is 16.2. The van der Waals surface area contributed by atoms with Gasteiger partial charge in [0, 0.05) is 18.3 Å². The lowest BCUT2D eigenvalue weighted by Crippen LogP contribution is -2.42. The van der Waals surface area contributed by atoms with Crippen molar-refractivity contribution >= 4 is 20.0 Å². The summed E-state index contributed by atoms with van der Waals surface area (Å²) in [6.07, 6.45) is 2.54. The number of pyridine rings is 1. The minimum atomic E-state index is -3.08. The summed E-state index contributed by atoms with van der Waals surface area (Å²) in [6.45, 7) is 1.10. The van der Waals surface area contributed by atoms with Crippen molar-refractivity contribution in [3.05, 3.63) is 30.1 Å². The van der Waals surface area contributed by atoms with E-state index in [0.717, 1.165) is 6.92 Å². The second-order valence-corrected chi connectivity index (χ2v) is 6.05. The molecule has 108 valence electrons. The lowest BCUT2D eigenvalue weighted by molar-refractivity contribution is -0.143. The molecule has 0 aliphatic heterocycles. The van der Waals surface area contributed by atoms with Crippen molar-refractivity contribution < 1.29 is 29.3 Å². The number of aromatic nitrogens is 1. The smallest absolute Gasteiger partial charge is 0.481 e. The fourth-order valence-electron chi connectivity index (χ4n) is 1.90. The highest BCUT2D eigenvalue weighted by molar-refractivity contribution is 7.41. The first-order valence-electron chi connectivity index (χ1n) is 5.78. The molecule has 0 fully saturated rings. The molecule has 0 saturated carbocycles. The Kier molecular flexibility index (Phi) is 5.30. The van der Waals surface area contributed by atoms with Crippen LogP contribution in [0.2, 0.25) is 0 Å². The summed E-state index contributed by atoms with van der Waals surface area (Å²) in [5.41, 5.74) is 0.663. The SMILES string of the molecule is CC(C(=O)O)(C(CC(=O)O)Cc1ccncc1)[P+](=O)O. The van der Waals surface area contributed by atoms with E-state index in [1.165, 1.54) is 12.4 Å². The molecule has 0 spiro atoms. The van der Waals surface area contributed by atoms with Crippen molar-refractivity contribution in [2.24, 2.45) is 5.92 Å². The third-order valence-electron chi connectivity index (χ3n) is 3.28. The van der Waals surface area contributed by atoms with Gasteiger partial charge in [-0.15, -0.1) is 0 Å². The molecule has 1 aromatic rings. The molecule has 3 atom stereocenters. The fourth-order valence-corrected chi connectivity index (χ4v) is 2.56. The quantitative estimate of drug-likeness (QED) is 0.648. The van der Waals surface area contributed by atoms with Crippen molar-refractivity contribution in [1.29, 1.82) is 0 Å². The molecule has 0 aliphatic rings. The zero-order valence-electron chi connectivity index (χ0n) is 10.8. The Balaban J connectivity index is 3.14. The lowest BCUT2D eigenvalue weighted by atomic mass is 9.85. The van der Waals surface area contributed by atoms with Gasteiger partial charge < -0.3 is 10.2 Å². The monoisotopic (exact) mass is 300 g/mol. The molecule has 0 radical (unpaired) electrons. The number of carboxylic acid groups (broad SMARTS) is 2. The van der Waals surface area contributed by atoms with Crippen LogP contribution in [0.3, 0.4) is 0 Å². The predicted octanol–water partition coefficient (Wildman–Crippen LogP) is 1.29. The van der Waals surface area contributed by atoms with Crippen LogP contribution in [0.25, 0.3) is 0 Å². The van der Waals surface area contributed by atoms with Gasteiger partial charge in [0.05, 0.1) is 6.42 Å². The van der Waals surface area contributed by atoms with Crippen LogP contribution in [0.5, 0.6) is 0 Å². The number of carboxylic acids is 2. The Labute approximate surface area is 116 Å². The zero-order valence-corrected chi connectivity index (χ0v) is 11.7. The van der Waals surface area contributed by atoms with Crippen molar-refractivity contribution in [1.82, 2.24) is 4.98 Å². The minimum absolute atomic E-state index is 0.0687. The van der Waals surface area contributed by atoms with E-state index in [1.54, 1.807) is 12.1 Å². The summed E-state index contributed by atoms with van der Waals surface area (Å²) < 4.78 is 11.4. The van der Waals surface area contributed by atoms with Gasteiger partial charge in [-0.05, 0) is 35.6 Å². The molecule has 0 aliphatic carbocycles. The van der Waals surface area contributed by atoms with Crippen molar-refractivity contribution in [2.45, 2.75) is 24.9 Å². The van der Waals surface area contributed by atoms with Gasteiger partial charge in [0.2, 0.25) is 0 Å². The molecular weight excluding hydrogens is 285 g/mol. The maximum Gasteiger partial charge on any atom is 0.523 e. The topological polar surface area (TPSA) is 125 Å². The highest BCUT2D eigenvalue weighted by Gasteiger charge is 2.58. The number of carbonyl (C=O) groups is 2. The van der Waals surface area contributed by atoms with E-state index in [-0.39, 0.29) is 6.42 Å². The second kappa shape index (κ2) is 6.54. The molecule has 0 bridgehead atoms. The van der Waals surface area contributed by atoms with Crippen LogP contribution < -0.4 is 0 Å². The molecule has 1 rings (SSSR count). The molecule has 7 nitrogen and oxygen atoms in total. The van der Waals surface area contributed by atoms with Crippen LogP contribution in [0.4, 0.5) is 0 Å². The van der Waals surface area contributed by atoms with Crippen molar-refractivity contribution in [3.63, 3.8) is 0 Å². The van der Waals surface area contributed by atoms with Gasteiger partial charge in [-0.25, -0.2) is 4.79 Å². The normalized spacial score (nSPS) is 16.0. The highest BCUT2D eigenvalue weighted by Crippen LogP contribution is 2.44. The van der Waals surface area contributed by atoms with Crippen LogP contribution in [0.1, 0.15) is 18.9 Å². The van der Waals surface area contributed by atoms with E-state index >= 15 is 0 Å². The van der Waals surface area contributed by atoms with Gasteiger partial charge in [-0.3, -0.25) is 9.78 Å². The van der Waals surface area contributed by atoms with Crippen LogP contribution in [0, 0.1) is 5.92 Å². The summed E-state index contributed by atoms with van der Waals surface area (Å²) in [5, 5.41) is 16.1. The fraction of sp³-hybridized carbons (Fsp3) is 0.417. The first-order valence-corrected chi connectivity index (χ1v) is 7.00. The molecule has 0 aromatic carbocycles. The minimum Gasteiger partial charge on any atom is -0.481 e. The Bertz CT molecular complexity index is 504. The van der Waals surface area contributed by atoms with E-state index in [4.69, 9.17) is 5.11 Å². The molecule has 3 unspecified atom stereocenters. The van der Waals surface area contributed by atoms with E-state index < -0.39 is 37.5 Å². The average Bonchev–Trinajstić information content (AvgIpc) is 2.37. The molecule has 3 N–H and O–H groups in total. The van der Waals surface area contributed by atoms with Gasteiger partial charge in [-0.1, -0.05) is 0 Å². The van der Waals surface area contributed by atoms with Crippen LogP contribution in [-0.2, 0) is 20.6 Å². The Hall–Kier alpha value is -1.85. The van der Waals surface area contributed by atoms with Crippen molar-refractivity contribution in [3.8, 4) is 0 Å². The largest absolute Gasteiger partial charge is 0.523 e. The molecule has 0 amide bonds. The third kappa shape index (κ3) is 3.59. The summed E-state index contributed by atoms with van der Waals surface area (Å²) >= 11 is 0. The van der Waals surface area contributed by atoms with E-state index in [9.17, 15) is 24.2 Å². The number of aliphatic carboxylic acids is 2. The Morgan fingerprint density at radius 3 is 2.30 bits per heavy atom. The zero-order chi connectivity index (χ0) is 15.3. The number of rotatable bonds is 7. The number of hydrogen-bond donors (Lipinski definition) is 3. The molecular formula is C12H15NO6P+. The van der Waals surface area contributed by atoms with Crippen molar-refractivity contribution in [2.75, 3.05) is 0 Å². The van der Waals surface area contributed by atoms with Gasteiger partial charge in [0.25, 0.3) is 5.16 Å². The lowest BCUT2D eigenvalue weighted by Gasteiger charge is -2.22. The summed E-state index contributed by atoms with van der Waals surface area (Å²) in [4.78, 5) is 35.4. The molecule has 0 saturated heterocycles. The molecule has 20 heavy (non-hydrogen) atoms. The maximum absolute atomic E-state index is 11.4. The van der Waals surface area contributed by atoms with Crippen LogP contribution >= 0.6 is 8.03 Å². The van der Waals surface area contributed by atoms with Gasteiger partial charge in [0.15, 0.2) is 0 Å². The highest BCUT2D eigenvalue weighted by atomic mass is 31.1. The van der Waals surface area contributed by atoms with Crippen LogP contribution in [0.15, 0.2) is 24.5 Å². The molecule has 1 heterocycles. The van der Waals surface area contributed by atoms with E-state index in [0.29, 0.717) is 5.56 Å². The van der Waals surface area contributed by atoms with Gasteiger partial charge >= 0.3 is 20.0 Å². The maximum atomic E-state index is 11.4. The standard InChI is InChI=1S/C12H14NO6P/c1-12(11(16)17,20(18)19)9(7-10(14)15)6-8-2-4-13-5-3-8/h2-5,9H,6-7H2,1H3,(H2-,14,15,16,17,18,19)/p+1. The van der Waals surface area contributed by atoms with E-state index in [2.05, 4.69) is 4.98 Å². The third-order valence-corrected chi connectivity index (χ3v) is 4.63. The summed E-state index contributed by atoms with van der Waals surface area (Å²) in [6, 6.07) is 3.23. The molecule has 1 aromatic heterocycles. The van der Waals surface area contributed by atoms with E-state index in [1.807, 2.05) is 0 Å². The van der Waals surface area contributed by atoms with Crippen LogP contribution in [-0.4, -0.2) is 37.2 Å². The van der Waals surface area contributed by atoms with Gasteiger partial charge in [0.1, 0.15) is 0 Å². The summed E-state index contributed by atoms with van der Waals surface area (Å²) in [5.74, 6) is -3.71. The van der Waals surface area contributed by atoms with Gasteiger partial charge in [-0.2, -0.15) is 4.89 Å². The summed E-state index contributed by atoms with van der Waals surface area (Å²) in [7, 11) is -3.08. The first-order chi connectivity index (χ1) is 9.28. The predicted molar refractivity (Wildman–Crippen MR) is 69.5 cm³/mol. The number of hydrogen-bond acceptors (Lipinski definition) is 4. The molecule has 8 heteroatoms. The second-order valence-electron chi connectivity index (χ2n) is 4.58. The number of nitrogens with zero attached hydrogens (tertiary/aromatic N) is 1.